The highest BCUT2D eigenvalue weighted by molar-refractivity contribution is 5.45. The highest BCUT2D eigenvalue weighted by atomic mass is 16.5. The summed E-state index contributed by atoms with van der Waals surface area (Å²) in [6, 6.07) is 14.3. The Bertz CT molecular complexity index is 1830. The van der Waals surface area contributed by atoms with E-state index in [9.17, 15) is 0 Å². The molecule has 0 atom stereocenters. The first kappa shape index (κ1) is 56.7. The number of unbranched alkanes of at least 4 members (excludes halogenated alkanes) is 20. The van der Waals surface area contributed by atoms with E-state index >= 15 is 0 Å². The van der Waals surface area contributed by atoms with Crippen molar-refractivity contribution in [2.24, 2.45) is 11.8 Å². The zero-order valence-electron chi connectivity index (χ0n) is 46.2. The van der Waals surface area contributed by atoms with E-state index in [2.05, 4.69) is 88.9 Å². The second kappa shape index (κ2) is 34.0. The van der Waals surface area contributed by atoms with Crippen molar-refractivity contribution in [2.45, 2.75) is 284 Å². The molecule has 0 unspecified atom stereocenters. The van der Waals surface area contributed by atoms with Gasteiger partial charge < -0.3 is 4.74 Å². The molecular formula is C66H102N4O. The standard InChI is InChI=1S/C66H102N4O/c1-5-9-13-15-17-19-21-23-25-27-31-57-49-67-65(68-50-57)59-39-33-55(34-40-59)47-61-45-53(29-11-7-3)37-43-63(61)71-64-44-38-54(30-12-8-4)46-62(64)48-56-35-41-60(42-36-56)66-69-51-58(52-70-66)32-28-26-24-22-20-18-16-14-10-6-2/h37-38,43-46,49-52,55-56,59-60H,5-36,39-42,47-48H2,1-4H3/t55-,56-,59-,60-. The highest BCUT2D eigenvalue weighted by Crippen LogP contribution is 2.41. The molecular weight excluding hydrogens is 865 g/mol. The topological polar surface area (TPSA) is 60.8 Å². The first-order valence-corrected chi connectivity index (χ1v) is 30.6. The largest absolute Gasteiger partial charge is 0.457 e. The lowest BCUT2D eigenvalue weighted by atomic mass is 9.78. The molecule has 0 bridgehead atoms. The second-order valence-electron chi connectivity index (χ2n) is 22.8. The van der Waals surface area contributed by atoms with Gasteiger partial charge in [-0.1, -0.05) is 180 Å². The SMILES string of the molecule is CCCCCCCCCCCCc1cnc([C@H]2CC[C@H](Cc3cc(CCCC)ccc3Oc3ccc(CCCC)cc3C[C@H]3CC[C@H](c4ncc(CCCCCCCCCCCC)cn4)CC3)CC2)nc1. The molecule has 2 aliphatic carbocycles. The van der Waals surface area contributed by atoms with E-state index in [1.165, 1.54) is 239 Å². The summed E-state index contributed by atoms with van der Waals surface area (Å²) in [5, 5.41) is 0. The molecule has 0 aliphatic heterocycles. The van der Waals surface area contributed by atoms with Crippen LogP contribution in [0.5, 0.6) is 11.5 Å². The van der Waals surface area contributed by atoms with Crippen LogP contribution in [0, 0.1) is 11.8 Å². The lowest BCUT2D eigenvalue weighted by molar-refractivity contribution is 0.312. The van der Waals surface area contributed by atoms with E-state index in [0.29, 0.717) is 23.7 Å². The van der Waals surface area contributed by atoms with Crippen molar-refractivity contribution in [1.29, 1.82) is 0 Å². The average Bonchev–Trinajstić information content (AvgIpc) is 3.40. The Labute approximate surface area is 435 Å². The molecule has 5 heteroatoms. The summed E-state index contributed by atoms with van der Waals surface area (Å²) in [5.74, 6) is 6.53. The van der Waals surface area contributed by atoms with Gasteiger partial charge in [0.2, 0.25) is 0 Å². The van der Waals surface area contributed by atoms with Crippen LogP contribution in [0.15, 0.2) is 61.2 Å². The first-order valence-electron chi connectivity index (χ1n) is 30.6. The summed E-state index contributed by atoms with van der Waals surface area (Å²) >= 11 is 0. The predicted molar refractivity (Wildman–Crippen MR) is 302 cm³/mol. The molecule has 4 aromatic rings. The van der Waals surface area contributed by atoms with Gasteiger partial charge in [0.15, 0.2) is 0 Å². The first-order chi connectivity index (χ1) is 35.0. The number of aromatic nitrogens is 4. The Morgan fingerprint density at radius 1 is 0.352 bits per heavy atom. The summed E-state index contributed by atoms with van der Waals surface area (Å²) < 4.78 is 7.14. The van der Waals surface area contributed by atoms with Gasteiger partial charge in [-0.2, -0.15) is 0 Å². The zero-order chi connectivity index (χ0) is 49.6. The molecule has 71 heavy (non-hydrogen) atoms. The van der Waals surface area contributed by atoms with Crippen molar-refractivity contribution in [3.05, 3.63) is 106 Å². The minimum Gasteiger partial charge on any atom is -0.457 e. The maximum absolute atomic E-state index is 7.14. The van der Waals surface area contributed by atoms with Gasteiger partial charge >= 0.3 is 0 Å². The lowest BCUT2D eigenvalue weighted by Crippen LogP contribution is -2.18. The number of aryl methyl sites for hydroxylation is 4. The fourth-order valence-electron chi connectivity index (χ4n) is 11.9. The van der Waals surface area contributed by atoms with Crippen LogP contribution >= 0.6 is 0 Å². The Balaban J connectivity index is 0.987. The van der Waals surface area contributed by atoms with Gasteiger partial charge in [-0.25, -0.2) is 19.9 Å². The summed E-state index contributed by atoms with van der Waals surface area (Å²) in [6.07, 6.45) is 57.2. The van der Waals surface area contributed by atoms with E-state index in [4.69, 9.17) is 24.7 Å². The number of ether oxygens (including phenoxy) is 1. The molecule has 0 N–H and O–H groups in total. The predicted octanol–water partition coefficient (Wildman–Crippen LogP) is 19.7. The Morgan fingerprint density at radius 2 is 0.662 bits per heavy atom. The van der Waals surface area contributed by atoms with Crippen molar-refractivity contribution in [3.63, 3.8) is 0 Å². The minimum atomic E-state index is 0.477. The van der Waals surface area contributed by atoms with Gasteiger partial charge in [0.25, 0.3) is 0 Å². The van der Waals surface area contributed by atoms with Crippen LogP contribution < -0.4 is 4.74 Å². The molecule has 2 fully saturated rings. The third-order valence-corrected chi connectivity index (χ3v) is 16.6. The van der Waals surface area contributed by atoms with Gasteiger partial charge in [0.1, 0.15) is 23.1 Å². The van der Waals surface area contributed by atoms with Crippen LogP contribution in [0.25, 0.3) is 0 Å². The number of rotatable bonds is 36. The van der Waals surface area contributed by atoms with Crippen molar-refractivity contribution in [3.8, 4) is 11.5 Å². The zero-order valence-corrected chi connectivity index (χ0v) is 46.2. The molecule has 2 aromatic carbocycles. The minimum absolute atomic E-state index is 0.477. The molecule has 0 saturated heterocycles. The van der Waals surface area contributed by atoms with E-state index in [0.717, 1.165) is 61.7 Å². The molecule has 2 aromatic heterocycles. The van der Waals surface area contributed by atoms with E-state index in [1.54, 1.807) is 0 Å². The summed E-state index contributed by atoms with van der Waals surface area (Å²) in [5.41, 5.74) is 8.31. The maximum atomic E-state index is 7.14. The van der Waals surface area contributed by atoms with Gasteiger partial charge in [0.05, 0.1) is 0 Å². The third-order valence-electron chi connectivity index (χ3n) is 16.6. The van der Waals surface area contributed by atoms with Crippen LogP contribution in [0.2, 0.25) is 0 Å². The summed E-state index contributed by atoms with van der Waals surface area (Å²) in [4.78, 5) is 19.8. The van der Waals surface area contributed by atoms with Crippen molar-refractivity contribution < 1.29 is 4.74 Å². The smallest absolute Gasteiger partial charge is 0.131 e. The van der Waals surface area contributed by atoms with Crippen LogP contribution in [0.1, 0.15) is 290 Å². The summed E-state index contributed by atoms with van der Waals surface area (Å²) in [7, 11) is 0. The van der Waals surface area contributed by atoms with Gasteiger partial charge in [-0.05, 0) is 173 Å². The Hall–Kier alpha value is -3.60. The van der Waals surface area contributed by atoms with E-state index in [1.807, 2.05) is 0 Å². The molecule has 2 heterocycles. The van der Waals surface area contributed by atoms with E-state index < -0.39 is 0 Å². The number of benzene rings is 2. The van der Waals surface area contributed by atoms with Crippen LogP contribution in [-0.4, -0.2) is 19.9 Å². The Morgan fingerprint density at radius 3 is 1.00 bits per heavy atom. The monoisotopic (exact) mass is 967 g/mol. The third kappa shape index (κ3) is 21.0. The van der Waals surface area contributed by atoms with Crippen molar-refractivity contribution in [1.82, 2.24) is 19.9 Å². The van der Waals surface area contributed by atoms with Crippen molar-refractivity contribution in [2.75, 3.05) is 0 Å². The average molecular weight is 968 g/mol. The molecule has 0 radical (unpaired) electrons. The van der Waals surface area contributed by atoms with Crippen LogP contribution in [-0.2, 0) is 38.5 Å². The van der Waals surface area contributed by atoms with Crippen LogP contribution in [0.4, 0.5) is 0 Å². The molecule has 2 aliphatic rings. The highest BCUT2D eigenvalue weighted by Gasteiger charge is 2.27. The van der Waals surface area contributed by atoms with E-state index in [-0.39, 0.29) is 0 Å². The van der Waals surface area contributed by atoms with Crippen molar-refractivity contribution >= 4 is 0 Å². The maximum Gasteiger partial charge on any atom is 0.131 e. The fraction of sp³-hybridized carbons (Fsp3) is 0.697. The second-order valence-corrected chi connectivity index (χ2v) is 22.8. The molecule has 5 nitrogen and oxygen atoms in total. The number of hydrogen-bond donors (Lipinski definition) is 0. The quantitative estimate of drug-likeness (QED) is 0.0425. The molecule has 2 saturated carbocycles. The molecule has 6 rings (SSSR count). The summed E-state index contributed by atoms with van der Waals surface area (Å²) in [6.45, 7) is 9.20. The van der Waals surface area contributed by atoms with Gasteiger partial charge in [0, 0.05) is 36.6 Å². The van der Waals surface area contributed by atoms with Crippen LogP contribution in [0.3, 0.4) is 0 Å². The molecule has 0 spiro atoms. The lowest BCUT2D eigenvalue weighted by Gasteiger charge is -2.29. The normalized spacial score (nSPS) is 18.3. The number of hydrogen-bond acceptors (Lipinski definition) is 5. The Kier molecular flexibility index (Phi) is 27.1. The molecule has 392 valence electrons. The van der Waals surface area contributed by atoms with Gasteiger partial charge in [-0.3, -0.25) is 0 Å². The number of nitrogens with zero attached hydrogens (tertiary/aromatic N) is 4. The van der Waals surface area contributed by atoms with Gasteiger partial charge in [-0.15, -0.1) is 0 Å². The fourth-order valence-corrected chi connectivity index (χ4v) is 11.9. The molecule has 0 amide bonds.